The molecule has 0 atom stereocenters. The van der Waals surface area contributed by atoms with E-state index >= 15 is 0 Å². The third-order valence-electron chi connectivity index (χ3n) is 1.37. The van der Waals surface area contributed by atoms with Gasteiger partial charge in [0.1, 0.15) is 0 Å². The van der Waals surface area contributed by atoms with Crippen molar-refractivity contribution in [3.63, 3.8) is 0 Å². The third kappa shape index (κ3) is 3.33. The standard InChI is InChI=1S/C8H9IO4S/c1-12-7-4-3-6(9)5-8(7)13-14(2,10)11/h3-5H,1-2H3. The Morgan fingerprint density at radius 3 is 2.43 bits per heavy atom. The van der Waals surface area contributed by atoms with E-state index in [2.05, 4.69) is 22.6 Å². The van der Waals surface area contributed by atoms with Crippen LogP contribution >= 0.6 is 22.6 Å². The molecular formula is C8H9IO4S. The molecule has 0 amide bonds. The van der Waals surface area contributed by atoms with Gasteiger partial charge in [-0.25, -0.2) is 0 Å². The van der Waals surface area contributed by atoms with E-state index in [9.17, 15) is 8.42 Å². The molecule has 1 aromatic rings. The fourth-order valence-corrected chi connectivity index (χ4v) is 1.80. The van der Waals surface area contributed by atoms with Crippen LogP contribution in [0.3, 0.4) is 0 Å². The summed E-state index contributed by atoms with van der Waals surface area (Å²) in [5.41, 5.74) is 0. The molecule has 0 aromatic heterocycles. The molecule has 0 saturated heterocycles. The minimum atomic E-state index is -3.51. The maximum atomic E-state index is 10.9. The molecular weight excluding hydrogens is 319 g/mol. The fourth-order valence-electron chi connectivity index (χ4n) is 0.879. The monoisotopic (exact) mass is 328 g/mol. The molecule has 0 aliphatic rings. The van der Waals surface area contributed by atoms with E-state index in [4.69, 9.17) is 8.92 Å². The smallest absolute Gasteiger partial charge is 0.306 e. The number of methoxy groups -OCH3 is 1. The number of hydrogen-bond donors (Lipinski definition) is 0. The molecule has 4 nitrogen and oxygen atoms in total. The first-order valence-corrected chi connectivity index (χ1v) is 6.55. The summed E-state index contributed by atoms with van der Waals surface area (Å²) in [5.74, 6) is 0.609. The summed E-state index contributed by atoms with van der Waals surface area (Å²) >= 11 is 2.06. The molecule has 0 unspecified atom stereocenters. The molecule has 0 spiro atoms. The van der Waals surface area contributed by atoms with Crippen LogP contribution in [-0.4, -0.2) is 21.8 Å². The Labute approximate surface area is 96.5 Å². The zero-order valence-corrected chi connectivity index (χ0v) is 10.6. The summed E-state index contributed by atoms with van der Waals surface area (Å²) in [4.78, 5) is 0. The normalized spacial score (nSPS) is 11.1. The number of ether oxygens (including phenoxy) is 1. The maximum Gasteiger partial charge on any atom is 0.306 e. The van der Waals surface area contributed by atoms with Crippen LogP contribution in [0.15, 0.2) is 18.2 Å². The van der Waals surface area contributed by atoms with E-state index in [0.717, 1.165) is 9.83 Å². The zero-order chi connectivity index (χ0) is 10.8. The van der Waals surface area contributed by atoms with Gasteiger partial charge in [-0.05, 0) is 40.8 Å². The van der Waals surface area contributed by atoms with Gasteiger partial charge in [-0.15, -0.1) is 0 Å². The Bertz CT molecular complexity index is 427. The van der Waals surface area contributed by atoms with Crippen molar-refractivity contribution in [1.29, 1.82) is 0 Å². The van der Waals surface area contributed by atoms with Crippen LogP contribution in [0.25, 0.3) is 0 Å². The Morgan fingerprint density at radius 1 is 1.29 bits per heavy atom. The van der Waals surface area contributed by atoms with Gasteiger partial charge in [0.15, 0.2) is 11.5 Å². The predicted octanol–water partition coefficient (Wildman–Crippen LogP) is 1.64. The Balaban J connectivity index is 3.11. The summed E-state index contributed by atoms with van der Waals surface area (Å²) in [6, 6.07) is 5.05. The molecule has 0 saturated carbocycles. The highest BCUT2D eigenvalue weighted by Gasteiger charge is 2.10. The SMILES string of the molecule is COc1ccc(I)cc1OS(C)(=O)=O. The van der Waals surface area contributed by atoms with Gasteiger partial charge in [0.05, 0.1) is 13.4 Å². The first kappa shape index (κ1) is 11.6. The maximum absolute atomic E-state index is 10.9. The molecule has 1 aromatic carbocycles. The molecule has 0 N–H and O–H groups in total. The lowest BCUT2D eigenvalue weighted by molar-refractivity contribution is 0.391. The van der Waals surface area contributed by atoms with Crippen molar-refractivity contribution in [1.82, 2.24) is 0 Å². The molecule has 78 valence electrons. The Hall–Kier alpha value is -0.500. The Morgan fingerprint density at radius 2 is 1.93 bits per heavy atom. The largest absolute Gasteiger partial charge is 0.493 e. The average molecular weight is 328 g/mol. The lowest BCUT2D eigenvalue weighted by Gasteiger charge is -2.08. The zero-order valence-electron chi connectivity index (χ0n) is 7.65. The fraction of sp³-hybridized carbons (Fsp3) is 0.250. The topological polar surface area (TPSA) is 52.6 Å². The highest BCUT2D eigenvalue weighted by molar-refractivity contribution is 14.1. The van der Waals surface area contributed by atoms with Crippen molar-refractivity contribution in [2.75, 3.05) is 13.4 Å². The number of hydrogen-bond acceptors (Lipinski definition) is 4. The number of rotatable bonds is 3. The second-order valence-corrected chi connectivity index (χ2v) is 5.40. The van der Waals surface area contributed by atoms with E-state index in [1.165, 1.54) is 7.11 Å². The molecule has 6 heteroatoms. The number of benzene rings is 1. The highest BCUT2D eigenvalue weighted by Crippen LogP contribution is 2.29. The Kier molecular flexibility index (Phi) is 3.59. The van der Waals surface area contributed by atoms with Crippen molar-refractivity contribution in [2.45, 2.75) is 0 Å². The van der Waals surface area contributed by atoms with Crippen LogP contribution in [0.5, 0.6) is 11.5 Å². The van der Waals surface area contributed by atoms with Crippen molar-refractivity contribution in [2.24, 2.45) is 0 Å². The van der Waals surface area contributed by atoms with Gasteiger partial charge in [-0.3, -0.25) is 0 Å². The van der Waals surface area contributed by atoms with E-state index in [1.54, 1.807) is 18.2 Å². The molecule has 0 radical (unpaired) electrons. The van der Waals surface area contributed by atoms with Gasteiger partial charge in [0, 0.05) is 3.57 Å². The van der Waals surface area contributed by atoms with Crippen LogP contribution in [0, 0.1) is 3.57 Å². The average Bonchev–Trinajstić information content (AvgIpc) is 2.01. The molecule has 0 aliphatic carbocycles. The molecule has 0 aliphatic heterocycles. The summed E-state index contributed by atoms with van der Waals surface area (Å²) in [7, 11) is -2.05. The van der Waals surface area contributed by atoms with Crippen LogP contribution in [0.1, 0.15) is 0 Å². The third-order valence-corrected chi connectivity index (χ3v) is 2.52. The molecule has 0 fully saturated rings. The van der Waals surface area contributed by atoms with E-state index in [0.29, 0.717) is 5.75 Å². The first-order valence-electron chi connectivity index (χ1n) is 3.65. The quantitative estimate of drug-likeness (QED) is 0.625. The van der Waals surface area contributed by atoms with Gasteiger partial charge in [0.2, 0.25) is 0 Å². The first-order chi connectivity index (χ1) is 6.42. The van der Waals surface area contributed by atoms with Crippen LogP contribution in [0.2, 0.25) is 0 Å². The van der Waals surface area contributed by atoms with Crippen molar-refractivity contribution >= 4 is 32.7 Å². The summed E-state index contributed by atoms with van der Waals surface area (Å²) in [5, 5.41) is 0. The van der Waals surface area contributed by atoms with E-state index in [-0.39, 0.29) is 5.75 Å². The van der Waals surface area contributed by atoms with Gasteiger partial charge in [0.25, 0.3) is 0 Å². The second-order valence-electron chi connectivity index (χ2n) is 2.58. The number of halogens is 1. The molecule has 14 heavy (non-hydrogen) atoms. The minimum Gasteiger partial charge on any atom is -0.493 e. The van der Waals surface area contributed by atoms with Gasteiger partial charge in [-0.2, -0.15) is 8.42 Å². The van der Waals surface area contributed by atoms with Crippen molar-refractivity contribution < 1.29 is 17.3 Å². The predicted molar refractivity (Wildman–Crippen MR) is 61.2 cm³/mol. The summed E-state index contributed by atoms with van der Waals surface area (Å²) in [6.07, 6.45) is 0.992. The summed E-state index contributed by atoms with van der Waals surface area (Å²) in [6.45, 7) is 0. The van der Waals surface area contributed by atoms with E-state index in [1.807, 2.05) is 0 Å². The summed E-state index contributed by atoms with van der Waals surface area (Å²) < 4.78 is 32.4. The van der Waals surface area contributed by atoms with Crippen LogP contribution in [0.4, 0.5) is 0 Å². The van der Waals surface area contributed by atoms with Crippen LogP contribution < -0.4 is 8.92 Å². The lowest BCUT2D eigenvalue weighted by Crippen LogP contribution is -2.06. The van der Waals surface area contributed by atoms with E-state index < -0.39 is 10.1 Å². The van der Waals surface area contributed by atoms with Crippen LogP contribution in [-0.2, 0) is 10.1 Å². The van der Waals surface area contributed by atoms with Crippen molar-refractivity contribution in [3.05, 3.63) is 21.8 Å². The van der Waals surface area contributed by atoms with Gasteiger partial charge in [-0.1, -0.05) is 0 Å². The molecule has 1 rings (SSSR count). The second kappa shape index (κ2) is 4.35. The molecule has 0 bridgehead atoms. The highest BCUT2D eigenvalue weighted by atomic mass is 127. The van der Waals surface area contributed by atoms with Gasteiger partial charge >= 0.3 is 10.1 Å². The molecule has 0 heterocycles. The lowest BCUT2D eigenvalue weighted by atomic mass is 10.3. The van der Waals surface area contributed by atoms with Crippen molar-refractivity contribution in [3.8, 4) is 11.5 Å². The van der Waals surface area contributed by atoms with Gasteiger partial charge < -0.3 is 8.92 Å². The minimum absolute atomic E-state index is 0.210.